The number of ether oxygens (including phenoxy) is 1. The minimum Gasteiger partial charge on any atom is -0.377 e. The molecule has 4 nitrogen and oxygen atoms in total. The van der Waals surface area contributed by atoms with Crippen molar-refractivity contribution in [1.29, 1.82) is 0 Å². The van der Waals surface area contributed by atoms with Gasteiger partial charge in [-0.1, -0.05) is 30.3 Å². The highest BCUT2D eigenvalue weighted by molar-refractivity contribution is 5.79. The molecule has 2 saturated heterocycles. The number of likely N-dealkylation sites (tertiary alicyclic amines) is 1. The maximum atomic E-state index is 12.7. The summed E-state index contributed by atoms with van der Waals surface area (Å²) in [5.41, 5.74) is 1.36. The summed E-state index contributed by atoms with van der Waals surface area (Å²) in [6, 6.07) is 10.6. The van der Waals surface area contributed by atoms with E-state index in [1.807, 2.05) is 0 Å². The van der Waals surface area contributed by atoms with Gasteiger partial charge in [0.15, 0.2) is 0 Å². The minimum absolute atomic E-state index is 0.0979. The van der Waals surface area contributed by atoms with Gasteiger partial charge in [-0.2, -0.15) is 0 Å². The summed E-state index contributed by atoms with van der Waals surface area (Å²) < 4.78 is 5.94. The third kappa shape index (κ3) is 3.81. The molecule has 3 fully saturated rings. The molecule has 4 rings (SSSR count). The van der Waals surface area contributed by atoms with Crippen molar-refractivity contribution >= 4 is 5.91 Å². The van der Waals surface area contributed by atoms with Gasteiger partial charge in [0.1, 0.15) is 0 Å². The molecule has 1 saturated carbocycles. The predicted molar refractivity (Wildman–Crippen MR) is 93.7 cm³/mol. The third-order valence-corrected chi connectivity index (χ3v) is 5.83. The fourth-order valence-corrected chi connectivity index (χ4v) is 4.15. The summed E-state index contributed by atoms with van der Waals surface area (Å²) in [5, 5.41) is 3.20. The van der Waals surface area contributed by atoms with Crippen LogP contribution in [0.3, 0.4) is 0 Å². The number of amides is 1. The maximum absolute atomic E-state index is 12.7. The van der Waals surface area contributed by atoms with Crippen LogP contribution in [0, 0.1) is 17.8 Å². The lowest BCUT2D eigenvalue weighted by atomic mass is 9.82. The van der Waals surface area contributed by atoms with E-state index in [1.54, 1.807) is 0 Å². The Hall–Kier alpha value is -1.39. The highest BCUT2D eigenvalue weighted by Crippen LogP contribution is 2.34. The largest absolute Gasteiger partial charge is 0.377 e. The van der Waals surface area contributed by atoms with Gasteiger partial charge >= 0.3 is 0 Å². The zero-order valence-corrected chi connectivity index (χ0v) is 14.3. The van der Waals surface area contributed by atoms with Crippen LogP contribution in [0.2, 0.25) is 0 Å². The van der Waals surface area contributed by atoms with E-state index in [4.69, 9.17) is 4.74 Å². The number of carbonyl (C=O) groups excluding carboxylic acids is 1. The molecule has 2 aliphatic heterocycles. The van der Waals surface area contributed by atoms with E-state index in [-0.39, 0.29) is 17.9 Å². The molecule has 0 radical (unpaired) electrons. The van der Waals surface area contributed by atoms with Crippen molar-refractivity contribution in [3.8, 4) is 0 Å². The summed E-state index contributed by atoms with van der Waals surface area (Å²) in [7, 11) is 0. The lowest BCUT2D eigenvalue weighted by molar-refractivity contribution is -0.131. The number of benzene rings is 1. The third-order valence-electron chi connectivity index (χ3n) is 5.83. The van der Waals surface area contributed by atoms with Crippen LogP contribution >= 0.6 is 0 Å². The first-order valence-corrected chi connectivity index (χ1v) is 9.45. The quantitative estimate of drug-likeness (QED) is 0.869. The topological polar surface area (TPSA) is 41.6 Å². The minimum atomic E-state index is 0.0979. The molecule has 2 heterocycles. The lowest BCUT2D eigenvalue weighted by Crippen LogP contribution is -2.53. The van der Waals surface area contributed by atoms with Crippen molar-refractivity contribution in [1.82, 2.24) is 10.2 Å². The Morgan fingerprint density at radius 3 is 2.79 bits per heavy atom. The van der Waals surface area contributed by atoms with Crippen LogP contribution in [0.5, 0.6) is 0 Å². The molecule has 3 atom stereocenters. The maximum Gasteiger partial charge on any atom is 0.224 e. The Morgan fingerprint density at radius 1 is 1.17 bits per heavy atom. The SMILES string of the molecule is O=C(NCC1CC1)[C@@H]1CN(CCc2ccccc2)C[C@H]2OCC[C@H]21. The monoisotopic (exact) mass is 328 g/mol. The summed E-state index contributed by atoms with van der Waals surface area (Å²) in [6.45, 7) is 4.55. The van der Waals surface area contributed by atoms with Crippen molar-refractivity contribution in [3.63, 3.8) is 0 Å². The molecule has 24 heavy (non-hydrogen) atoms. The van der Waals surface area contributed by atoms with Crippen molar-refractivity contribution < 1.29 is 9.53 Å². The summed E-state index contributed by atoms with van der Waals surface area (Å²) in [4.78, 5) is 15.1. The normalized spacial score (nSPS) is 30.1. The Kier molecular flexibility index (Phi) is 4.86. The van der Waals surface area contributed by atoms with Gasteiger partial charge in [0.05, 0.1) is 12.0 Å². The van der Waals surface area contributed by atoms with Crippen LogP contribution in [0.1, 0.15) is 24.8 Å². The number of rotatable bonds is 6. The molecule has 1 aromatic carbocycles. The second-order valence-corrected chi connectivity index (χ2v) is 7.65. The zero-order valence-electron chi connectivity index (χ0n) is 14.3. The molecule has 0 spiro atoms. The van der Waals surface area contributed by atoms with Gasteiger partial charge < -0.3 is 10.1 Å². The van der Waals surface area contributed by atoms with Crippen molar-refractivity contribution in [2.45, 2.75) is 31.8 Å². The van der Waals surface area contributed by atoms with E-state index in [0.717, 1.165) is 51.5 Å². The van der Waals surface area contributed by atoms with E-state index >= 15 is 0 Å². The molecule has 1 aliphatic carbocycles. The van der Waals surface area contributed by atoms with Crippen LogP contribution in [0.4, 0.5) is 0 Å². The van der Waals surface area contributed by atoms with E-state index in [9.17, 15) is 4.79 Å². The van der Waals surface area contributed by atoms with Gasteiger partial charge in [0.25, 0.3) is 0 Å². The van der Waals surface area contributed by atoms with Gasteiger partial charge in [-0.15, -0.1) is 0 Å². The Bertz CT molecular complexity index is 558. The van der Waals surface area contributed by atoms with Gasteiger partial charge in [-0.3, -0.25) is 9.69 Å². The first-order chi connectivity index (χ1) is 11.8. The van der Waals surface area contributed by atoms with Crippen LogP contribution in [-0.4, -0.2) is 49.7 Å². The predicted octanol–water partition coefficient (Wildman–Crippen LogP) is 2.09. The fraction of sp³-hybridized carbons (Fsp3) is 0.650. The Labute approximate surface area is 144 Å². The van der Waals surface area contributed by atoms with E-state index in [0.29, 0.717) is 5.92 Å². The number of hydrogen-bond acceptors (Lipinski definition) is 3. The Balaban J connectivity index is 1.36. The molecule has 130 valence electrons. The molecule has 1 amide bonds. The molecule has 1 aromatic rings. The van der Waals surface area contributed by atoms with Gasteiger partial charge in [0, 0.05) is 38.7 Å². The number of fused-ring (bicyclic) bond motifs is 1. The molecule has 0 unspecified atom stereocenters. The molecule has 3 aliphatic rings. The fourth-order valence-electron chi connectivity index (χ4n) is 4.15. The average molecular weight is 328 g/mol. The first-order valence-electron chi connectivity index (χ1n) is 9.45. The molecule has 4 heteroatoms. The number of nitrogens with one attached hydrogen (secondary N) is 1. The average Bonchev–Trinajstić information content (AvgIpc) is 3.33. The van der Waals surface area contributed by atoms with Crippen molar-refractivity contribution in [3.05, 3.63) is 35.9 Å². The highest BCUT2D eigenvalue weighted by atomic mass is 16.5. The molecule has 0 aromatic heterocycles. The number of carbonyl (C=O) groups is 1. The van der Waals surface area contributed by atoms with Gasteiger partial charge in [0.2, 0.25) is 5.91 Å². The first kappa shape index (κ1) is 16.1. The Morgan fingerprint density at radius 2 is 2.00 bits per heavy atom. The zero-order chi connectivity index (χ0) is 16.4. The smallest absolute Gasteiger partial charge is 0.224 e. The summed E-state index contributed by atoms with van der Waals surface area (Å²) in [5.74, 6) is 1.51. The second-order valence-electron chi connectivity index (χ2n) is 7.65. The van der Waals surface area contributed by atoms with Crippen molar-refractivity contribution in [2.75, 3.05) is 32.8 Å². The summed E-state index contributed by atoms with van der Waals surface area (Å²) >= 11 is 0. The lowest BCUT2D eigenvalue weighted by Gasteiger charge is -2.39. The van der Waals surface area contributed by atoms with E-state index in [1.165, 1.54) is 18.4 Å². The van der Waals surface area contributed by atoms with Crippen molar-refractivity contribution in [2.24, 2.45) is 17.8 Å². The van der Waals surface area contributed by atoms with E-state index < -0.39 is 0 Å². The number of piperidine rings is 1. The van der Waals surface area contributed by atoms with Crippen LogP contribution in [0.25, 0.3) is 0 Å². The molecule has 0 bridgehead atoms. The van der Waals surface area contributed by atoms with E-state index in [2.05, 4.69) is 40.5 Å². The van der Waals surface area contributed by atoms with Gasteiger partial charge in [-0.25, -0.2) is 0 Å². The molecular weight excluding hydrogens is 300 g/mol. The number of hydrogen-bond donors (Lipinski definition) is 1. The standard InChI is InChI=1S/C20H28N2O2/c23-20(21-12-16-6-7-16)18-13-22(14-19-17(18)9-11-24-19)10-8-15-4-2-1-3-5-15/h1-5,16-19H,6-14H2,(H,21,23)/t17-,18+,19+/m0/s1. The molecular formula is C20H28N2O2. The number of nitrogens with zero attached hydrogens (tertiary/aromatic N) is 1. The second kappa shape index (κ2) is 7.24. The highest BCUT2D eigenvalue weighted by Gasteiger charge is 2.43. The summed E-state index contributed by atoms with van der Waals surface area (Å²) in [6.07, 6.45) is 4.88. The van der Waals surface area contributed by atoms with Crippen LogP contribution in [-0.2, 0) is 16.0 Å². The van der Waals surface area contributed by atoms with Crippen LogP contribution in [0.15, 0.2) is 30.3 Å². The molecule has 1 N–H and O–H groups in total. The van der Waals surface area contributed by atoms with Crippen LogP contribution < -0.4 is 5.32 Å². The van der Waals surface area contributed by atoms with Gasteiger partial charge in [-0.05, 0) is 37.2 Å².